The van der Waals surface area contributed by atoms with Gasteiger partial charge in [0.1, 0.15) is 0 Å². The van der Waals surface area contributed by atoms with Crippen molar-refractivity contribution in [2.24, 2.45) is 5.73 Å². The van der Waals surface area contributed by atoms with Crippen molar-refractivity contribution in [3.63, 3.8) is 0 Å². The molecule has 90 valence electrons. The van der Waals surface area contributed by atoms with Gasteiger partial charge in [0.2, 0.25) is 10.0 Å². The number of sulfonamides is 1. The Hall–Kier alpha value is -0.170. The van der Waals surface area contributed by atoms with Gasteiger partial charge in [0.05, 0.1) is 11.3 Å². The summed E-state index contributed by atoms with van der Waals surface area (Å²) in [5.41, 5.74) is 5.29. The van der Waals surface area contributed by atoms with E-state index in [1.807, 2.05) is 0 Å². The van der Waals surface area contributed by atoms with E-state index in [4.69, 9.17) is 10.5 Å². The van der Waals surface area contributed by atoms with Crippen molar-refractivity contribution in [1.82, 2.24) is 4.31 Å². The summed E-state index contributed by atoms with van der Waals surface area (Å²) >= 11 is 0. The van der Waals surface area contributed by atoms with Crippen molar-refractivity contribution in [2.45, 2.75) is 25.3 Å². The van der Waals surface area contributed by atoms with Gasteiger partial charge >= 0.3 is 0 Å². The van der Waals surface area contributed by atoms with E-state index in [9.17, 15) is 8.42 Å². The van der Waals surface area contributed by atoms with Gasteiger partial charge in [-0.05, 0) is 19.8 Å². The standard InChI is InChI=1S/C9H20N2O3S/c1-3-15(12,13)11(2)9(8-10)4-6-14-7-5-9/h3-8,10H2,1-2H3. The highest BCUT2D eigenvalue weighted by atomic mass is 32.2. The average Bonchev–Trinajstić information content (AvgIpc) is 2.29. The van der Waals surface area contributed by atoms with E-state index in [1.54, 1.807) is 14.0 Å². The van der Waals surface area contributed by atoms with Crippen LogP contribution in [0.15, 0.2) is 0 Å². The second-order valence-electron chi connectivity index (χ2n) is 3.91. The molecule has 0 bridgehead atoms. The maximum atomic E-state index is 11.8. The van der Waals surface area contributed by atoms with Gasteiger partial charge in [-0.1, -0.05) is 0 Å². The highest BCUT2D eigenvalue weighted by Gasteiger charge is 2.40. The molecular weight excluding hydrogens is 216 g/mol. The van der Waals surface area contributed by atoms with E-state index in [0.29, 0.717) is 32.6 Å². The van der Waals surface area contributed by atoms with Crippen LogP contribution in [0.1, 0.15) is 19.8 Å². The second kappa shape index (κ2) is 4.78. The minimum atomic E-state index is -3.17. The maximum absolute atomic E-state index is 11.8. The largest absolute Gasteiger partial charge is 0.381 e. The van der Waals surface area contributed by atoms with Crippen LogP contribution in [-0.4, -0.2) is 50.8 Å². The monoisotopic (exact) mass is 236 g/mol. The van der Waals surface area contributed by atoms with Crippen LogP contribution in [0.4, 0.5) is 0 Å². The Morgan fingerprint density at radius 1 is 1.40 bits per heavy atom. The fourth-order valence-electron chi connectivity index (χ4n) is 1.89. The highest BCUT2D eigenvalue weighted by Crippen LogP contribution is 2.28. The molecule has 1 saturated heterocycles. The molecule has 1 aliphatic heterocycles. The van der Waals surface area contributed by atoms with Crippen molar-refractivity contribution in [2.75, 3.05) is 32.6 Å². The lowest BCUT2D eigenvalue weighted by atomic mass is 9.90. The number of nitrogens with zero attached hydrogens (tertiary/aromatic N) is 1. The van der Waals surface area contributed by atoms with E-state index in [2.05, 4.69) is 0 Å². The van der Waals surface area contributed by atoms with Crippen LogP contribution in [0, 0.1) is 0 Å². The smallest absolute Gasteiger partial charge is 0.214 e. The molecule has 6 heteroatoms. The van der Waals surface area contributed by atoms with Crippen molar-refractivity contribution in [1.29, 1.82) is 0 Å². The maximum Gasteiger partial charge on any atom is 0.214 e. The molecule has 1 aliphatic rings. The molecule has 0 unspecified atom stereocenters. The van der Waals surface area contributed by atoms with Crippen LogP contribution in [0.25, 0.3) is 0 Å². The fourth-order valence-corrected chi connectivity index (χ4v) is 3.12. The van der Waals surface area contributed by atoms with Crippen molar-refractivity contribution in [3.8, 4) is 0 Å². The summed E-state index contributed by atoms with van der Waals surface area (Å²) in [6, 6.07) is 0. The van der Waals surface area contributed by atoms with Gasteiger partial charge < -0.3 is 10.5 Å². The van der Waals surface area contributed by atoms with Crippen molar-refractivity contribution < 1.29 is 13.2 Å². The minimum absolute atomic E-state index is 0.117. The molecule has 0 atom stereocenters. The number of likely N-dealkylation sites (N-methyl/N-ethyl adjacent to an activating group) is 1. The minimum Gasteiger partial charge on any atom is -0.381 e. The lowest BCUT2D eigenvalue weighted by Gasteiger charge is -2.42. The summed E-state index contributed by atoms with van der Waals surface area (Å²) in [6.07, 6.45) is 1.36. The summed E-state index contributed by atoms with van der Waals surface area (Å²) in [5.74, 6) is 0.117. The molecule has 0 aromatic heterocycles. The summed E-state index contributed by atoms with van der Waals surface area (Å²) < 4.78 is 30.3. The topological polar surface area (TPSA) is 72.6 Å². The number of rotatable bonds is 4. The first-order chi connectivity index (χ1) is 6.98. The Bertz CT molecular complexity index is 296. The lowest BCUT2D eigenvalue weighted by molar-refractivity contribution is 0.0167. The van der Waals surface area contributed by atoms with Crippen LogP contribution in [0.2, 0.25) is 0 Å². The third kappa shape index (κ3) is 2.50. The van der Waals surface area contributed by atoms with E-state index < -0.39 is 15.6 Å². The van der Waals surface area contributed by atoms with E-state index in [-0.39, 0.29) is 5.75 Å². The van der Waals surface area contributed by atoms with Gasteiger partial charge in [-0.25, -0.2) is 8.42 Å². The van der Waals surface area contributed by atoms with Gasteiger partial charge in [-0.2, -0.15) is 4.31 Å². The SMILES string of the molecule is CCS(=O)(=O)N(C)C1(CN)CCOCC1. The molecule has 0 aromatic rings. The van der Waals surface area contributed by atoms with Crippen LogP contribution >= 0.6 is 0 Å². The molecular formula is C9H20N2O3S. The first-order valence-corrected chi connectivity index (χ1v) is 6.84. The molecule has 1 rings (SSSR count). The van der Waals surface area contributed by atoms with Crippen LogP contribution in [0.3, 0.4) is 0 Å². The molecule has 0 spiro atoms. The summed E-state index contributed by atoms with van der Waals surface area (Å²) in [6.45, 7) is 3.17. The number of hydrogen-bond donors (Lipinski definition) is 1. The van der Waals surface area contributed by atoms with E-state index in [1.165, 1.54) is 4.31 Å². The number of nitrogens with two attached hydrogens (primary N) is 1. The summed E-state index contributed by atoms with van der Waals surface area (Å²) in [4.78, 5) is 0. The van der Waals surface area contributed by atoms with Crippen LogP contribution in [-0.2, 0) is 14.8 Å². The Morgan fingerprint density at radius 3 is 2.33 bits per heavy atom. The molecule has 2 N–H and O–H groups in total. The van der Waals surface area contributed by atoms with Crippen molar-refractivity contribution >= 4 is 10.0 Å². The molecule has 0 aromatic carbocycles. The quantitative estimate of drug-likeness (QED) is 0.732. The predicted molar refractivity (Wildman–Crippen MR) is 59.1 cm³/mol. The summed E-state index contributed by atoms with van der Waals surface area (Å²) in [7, 11) is -1.55. The average molecular weight is 236 g/mol. The summed E-state index contributed by atoms with van der Waals surface area (Å²) in [5, 5.41) is 0. The normalized spacial score (nSPS) is 21.9. The third-order valence-corrected chi connectivity index (χ3v) is 5.20. The Kier molecular flexibility index (Phi) is 4.11. The molecule has 0 saturated carbocycles. The van der Waals surface area contributed by atoms with Gasteiger partial charge in [0.25, 0.3) is 0 Å². The molecule has 5 nitrogen and oxygen atoms in total. The van der Waals surface area contributed by atoms with Gasteiger partial charge in [-0.3, -0.25) is 0 Å². The molecule has 1 fully saturated rings. The fraction of sp³-hybridized carbons (Fsp3) is 1.00. The molecule has 0 radical (unpaired) electrons. The highest BCUT2D eigenvalue weighted by molar-refractivity contribution is 7.89. The molecule has 0 aliphatic carbocycles. The third-order valence-electron chi connectivity index (χ3n) is 3.25. The first-order valence-electron chi connectivity index (χ1n) is 5.23. The Labute approximate surface area is 91.6 Å². The zero-order valence-electron chi connectivity index (χ0n) is 9.40. The second-order valence-corrected chi connectivity index (χ2v) is 6.20. The number of hydrogen-bond acceptors (Lipinski definition) is 4. The zero-order valence-corrected chi connectivity index (χ0v) is 10.2. The van der Waals surface area contributed by atoms with Crippen molar-refractivity contribution in [3.05, 3.63) is 0 Å². The van der Waals surface area contributed by atoms with Crippen LogP contribution in [0.5, 0.6) is 0 Å². The van der Waals surface area contributed by atoms with Gasteiger partial charge in [0.15, 0.2) is 0 Å². The zero-order chi connectivity index (χ0) is 11.5. The predicted octanol–water partition coefficient (Wildman–Crippen LogP) is -0.224. The Balaban J connectivity index is 2.90. The number of ether oxygens (including phenoxy) is 1. The van der Waals surface area contributed by atoms with Gasteiger partial charge in [-0.15, -0.1) is 0 Å². The first kappa shape index (κ1) is 12.9. The van der Waals surface area contributed by atoms with E-state index in [0.717, 1.165) is 0 Å². The van der Waals surface area contributed by atoms with Gasteiger partial charge in [0, 0.05) is 26.8 Å². The van der Waals surface area contributed by atoms with E-state index >= 15 is 0 Å². The molecule has 1 heterocycles. The Morgan fingerprint density at radius 2 is 1.93 bits per heavy atom. The lowest BCUT2D eigenvalue weighted by Crippen LogP contribution is -2.57. The molecule has 0 amide bonds. The van der Waals surface area contributed by atoms with Crippen LogP contribution < -0.4 is 5.73 Å². The molecule has 15 heavy (non-hydrogen) atoms.